The van der Waals surface area contributed by atoms with E-state index in [1.807, 2.05) is 0 Å². The highest BCUT2D eigenvalue weighted by atomic mass is 16.2. The van der Waals surface area contributed by atoms with Gasteiger partial charge in [-0.15, -0.1) is 6.58 Å². The van der Waals surface area contributed by atoms with Crippen LogP contribution in [-0.2, 0) is 0 Å². The highest BCUT2D eigenvalue weighted by Crippen LogP contribution is 2.23. The van der Waals surface area contributed by atoms with Crippen LogP contribution in [-0.4, -0.2) is 25.2 Å². The van der Waals surface area contributed by atoms with E-state index in [4.69, 9.17) is 5.73 Å². The molecule has 2 amide bonds. The molecule has 4 nitrogen and oxygen atoms in total. The summed E-state index contributed by atoms with van der Waals surface area (Å²) in [6, 6.07) is 0.133. The molecule has 0 aromatic heterocycles. The highest BCUT2D eigenvalue weighted by molar-refractivity contribution is 5.74. The maximum absolute atomic E-state index is 11.4. The normalized spacial score (nSPS) is 25.7. The van der Waals surface area contributed by atoms with Crippen LogP contribution in [0.4, 0.5) is 4.79 Å². The van der Waals surface area contributed by atoms with Crippen molar-refractivity contribution in [2.75, 3.05) is 13.1 Å². The van der Waals surface area contributed by atoms with Crippen LogP contribution in [0.1, 0.15) is 25.7 Å². The molecular weight excluding hydrogens is 190 g/mol. The van der Waals surface area contributed by atoms with Gasteiger partial charge in [0.05, 0.1) is 0 Å². The molecule has 1 fully saturated rings. The van der Waals surface area contributed by atoms with Gasteiger partial charge < -0.3 is 16.4 Å². The zero-order valence-corrected chi connectivity index (χ0v) is 9.17. The summed E-state index contributed by atoms with van der Waals surface area (Å²) < 4.78 is 0. The fraction of sp³-hybridized carbons (Fsp3) is 0.727. The van der Waals surface area contributed by atoms with Crippen molar-refractivity contribution in [1.29, 1.82) is 0 Å². The third kappa shape index (κ3) is 3.91. The summed E-state index contributed by atoms with van der Waals surface area (Å²) in [6.45, 7) is 4.71. The smallest absolute Gasteiger partial charge is 0.315 e. The Bertz CT molecular complexity index is 218. The number of hydrogen-bond acceptors (Lipinski definition) is 2. The van der Waals surface area contributed by atoms with E-state index >= 15 is 0 Å². The number of hydrogen-bond donors (Lipinski definition) is 3. The molecule has 0 radical (unpaired) electrons. The number of amides is 2. The van der Waals surface area contributed by atoms with Crippen LogP contribution in [0, 0.1) is 5.92 Å². The molecule has 0 aromatic carbocycles. The molecule has 1 aliphatic carbocycles. The van der Waals surface area contributed by atoms with Crippen LogP contribution in [0.2, 0.25) is 0 Å². The maximum atomic E-state index is 11.4. The van der Waals surface area contributed by atoms with Gasteiger partial charge in [-0.2, -0.15) is 0 Å². The van der Waals surface area contributed by atoms with Crippen LogP contribution < -0.4 is 16.4 Å². The van der Waals surface area contributed by atoms with Gasteiger partial charge in [0.25, 0.3) is 0 Å². The van der Waals surface area contributed by atoms with E-state index in [1.54, 1.807) is 6.08 Å². The zero-order valence-electron chi connectivity index (χ0n) is 9.17. The summed E-state index contributed by atoms with van der Waals surface area (Å²) >= 11 is 0. The maximum Gasteiger partial charge on any atom is 0.315 e. The van der Waals surface area contributed by atoms with Crippen molar-refractivity contribution in [2.24, 2.45) is 11.7 Å². The molecule has 0 heterocycles. The Labute approximate surface area is 91.3 Å². The van der Waals surface area contributed by atoms with E-state index in [9.17, 15) is 4.79 Å². The van der Waals surface area contributed by atoms with Crippen molar-refractivity contribution in [3.05, 3.63) is 12.7 Å². The molecule has 0 saturated heterocycles. The van der Waals surface area contributed by atoms with E-state index in [-0.39, 0.29) is 12.1 Å². The van der Waals surface area contributed by atoms with Crippen molar-refractivity contribution in [3.8, 4) is 0 Å². The van der Waals surface area contributed by atoms with Crippen LogP contribution in [0.3, 0.4) is 0 Å². The Kier molecular flexibility index (Phi) is 5.18. The van der Waals surface area contributed by atoms with Gasteiger partial charge in [-0.25, -0.2) is 4.79 Å². The van der Waals surface area contributed by atoms with Gasteiger partial charge in [0.1, 0.15) is 0 Å². The first-order chi connectivity index (χ1) is 7.27. The van der Waals surface area contributed by atoms with Crippen molar-refractivity contribution in [1.82, 2.24) is 10.6 Å². The van der Waals surface area contributed by atoms with Crippen LogP contribution in [0.15, 0.2) is 12.7 Å². The van der Waals surface area contributed by atoms with Gasteiger partial charge in [0, 0.05) is 12.6 Å². The van der Waals surface area contributed by atoms with Gasteiger partial charge >= 0.3 is 6.03 Å². The van der Waals surface area contributed by atoms with Crippen molar-refractivity contribution in [3.63, 3.8) is 0 Å². The summed E-state index contributed by atoms with van der Waals surface area (Å²) in [5.74, 6) is 0.438. The van der Waals surface area contributed by atoms with E-state index in [0.29, 0.717) is 19.0 Å². The predicted octanol–water partition coefficient (Wildman–Crippen LogP) is 0.989. The van der Waals surface area contributed by atoms with E-state index in [2.05, 4.69) is 17.2 Å². The zero-order chi connectivity index (χ0) is 11.1. The average Bonchev–Trinajstić information content (AvgIpc) is 2.27. The molecule has 0 spiro atoms. The number of carbonyl (C=O) groups is 1. The molecule has 15 heavy (non-hydrogen) atoms. The summed E-state index contributed by atoms with van der Waals surface area (Å²) in [4.78, 5) is 11.4. The molecule has 0 aliphatic heterocycles. The largest absolute Gasteiger partial charge is 0.335 e. The summed E-state index contributed by atoms with van der Waals surface area (Å²) in [5.41, 5.74) is 5.68. The Balaban J connectivity index is 2.33. The second-order valence-electron chi connectivity index (χ2n) is 4.03. The average molecular weight is 211 g/mol. The first-order valence-corrected chi connectivity index (χ1v) is 5.63. The van der Waals surface area contributed by atoms with Crippen molar-refractivity contribution >= 4 is 6.03 Å². The first-order valence-electron chi connectivity index (χ1n) is 5.63. The van der Waals surface area contributed by atoms with Gasteiger partial charge in [0.2, 0.25) is 0 Å². The lowest BCUT2D eigenvalue weighted by atomic mass is 9.84. The Morgan fingerprint density at radius 1 is 1.47 bits per heavy atom. The van der Waals surface area contributed by atoms with Crippen LogP contribution in [0.5, 0.6) is 0 Å². The number of rotatable bonds is 4. The van der Waals surface area contributed by atoms with Crippen LogP contribution in [0.25, 0.3) is 0 Å². The second kappa shape index (κ2) is 6.45. The molecule has 0 aromatic rings. The minimum atomic E-state index is -0.111. The number of nitrogens with two attached hydrogens (primary N) is 1. The molecular formula is C11H21N3O. The topological polar surface area (TPSA) is 67.2 Å². The Morgan fingerprint density at radius 3 is 2.87 bits per heavy atom. The molecule has 4 N–H and O–H groups in total. The lowest BCUT2D eigenvalue weighted by Gasteiger charge is -2.31. The predicted molar refractivity (Wildman–Crippen MR) is 61.5 cm³/mol. The Morgan fingerprint density at radius 2 is 2.20 bits per heavy atom. The van der Waals surface area contributed by atoms with Gasteiger partial charge in [-0.1, -0.05) is 18.9 Å². The molecule has 1 rings (SSSR count). The van der Waals surface area contributed by atoms with Crippen molar-refractivity contribution < 1.29 is 4.79 Å². The molecule has 0 bridgehead atoms. The standard InChI is InChI=1S/C11H21N3O/c1-2-7-13-11(15)14-10-6-4-3-5-9(10)8-12/h2,9-10H,1,3-8,12H2,(H2,13,14,15). The van der Waals surface area contributed by atoms with Gasteiger partial charge in [-0.3, -0.25) is 0 Å². The number of urea groups is 1. The van der Waals surface area contributed by atoms with E-state index < -0.39 is 0 Å². The number of nitrogens with one attached hydrogen (secondary N) is 2. The van der Waals surface area contributed by atoms with Gasteiger partial charge in [0.15, 0.2) is 0 Å². The lowest BCUT2D eigenvalue weighted by molar-refractivity contribution is 0.220. The number of carbonyl (C=O) groups excluding carboxylic acids is 1. The summed E-state index contributed by atoms with van der Waals surface area (Å²) in [7, 11) is 0. The quantitative estimate of drug-likeness (QED) is 0.607. The third-order valence-corrected chi connectivity index (χ3v) is 2.94. The van der Waals surface area contributed by atoms with E-state index in [0.717, 1.165) is 12.8 Å². The second-order valence-corrected chi connectivity index (χ2v) is 4.03. The summed E-state index contributed by atoms with van der Waals surface area (Å²) in [5, 5.41) is 5.69. The first kappa shape index (κ1) is 12.0. The monoisotopic (exact) mass is 211 g/mol. The van der Waals surface area contributed by atoms with Gasteiger partial charge in [-0.05, 0) is 25.3 Å². The minimum absolute atomic E-state index is 0.111. The molecule has 86 valence electrons. The Hall–Kier alpha value is -1.03. The lowest BCUT2D eigenvalue weighted by Crippen LogP contribution is -2.48. The minimum Gasteiger partial charge on any atom is -0.335 e. The molecule has 1 aliphatic rings. The van der Waals surface area contributed by atoms with E-state index in [1.165, 1.54) is 12.8 Å². The van der Waals surface area contributed by atoms with Crippen LogP contribution >= 0.6 is 0 Å². The SMILES string of the molecule is C=CCNC(=O)NC1CCCCC1CN. The molecule has 4 heteroatoms. The molecule has 2 unspecified atom stereocenters. The van der Waals surface area contributed by atoms with Crippen molar-refractivity contribution in [2.45, 2.75) is 31.7 Å². The summed E-state index contributed by atoms with van der Waals surface area (Å²) in [6.07, 6.45) is 6.25. The molecule has 2 atom stereocenters. The highest BCUT2D eigenvalue weighted by Gasteiger charge is 2.24. The fourth-order valence-electron chi connectivity index (χ4n) is 2.06. The third-order valence-electron chi connectivity index (χ3n) is 2.94. The molecule has 1 saturated carbocycles. The fourth-order valence-corrected chi connectivity index (χ4v) is 2.06.